The van der Waals surface area contributed by atoms with Crippen LogP contribution < -0.4 is 0 Å². The molecule has 0 saturated carbocycles. The summed E-state index contributed by atoms with van der Waals surface area (Å²) in [6.07, 6.45) is 10.1. The third kappa shape index (κ3) is 3.66. The van der Waals surface area contributed by atoms with Crippen molar-refractivity contribution in [1.82, 2.24) is 29.5 Å². The standard InChI is InChI=1S/C26H23FN6O/c1-32-14-18(13-30-32)17-9-10-20-23(12-17)28-16-29-25(20)21-15-33(24-8-4-5-11-34-24)31-26(21)19-6-2-3-7-22(19)27/h2-3,6-7,9-10,12-16,24H,4-5,8,11H2,1H3. The number of ether oxygens (including phenoxy) is 1. The summed E-state index contributed by atoms with van der Waals surface area (Å²) in [6.45, 7) is 0.697. The fraction of sp³-hybridized carbons (Fsp3) is 0.231. The molecule has 34 heavy (non-hydrogen) atoms. The minimum atomic E-state index is -0.323. The Morgan fingerprint density at radius 2 is 1.88 bits per heavy atom. The summed E-state index contributed by atoms with van der Waals surface area (Å²) in [6, 6.07) is 12.8. The van der Waals surface area contributed by atoms with Crippen molar-refractivity contribution < 1.29 is 9.13 Å². The largest absolute Gasteiger partial charge is 0.357 e. The lowest BCUT2D eigenvalue weighted by atomic mass is 10.0. The molecule has 0 radical (unpaired) electrons. The number of aromatic nitrogens is 6. The highest BCUT2D eigenvalue weighted by Crippen LogP contribution is 2.37. The molecule has 2 aromatic carbocycles. The molecule has 1 fully saturated rings. The third-order valence-corrected chi connectivity index (χ3v) is 6.24. The predicted octanol–water partition coefficient (Wildman–Crippen LogP) is 5.40. The van der Waals surface area contributed by atoms with E-state index in [1.807, 2.05) is 54.6 Å². The van der Waals surface area contributed by atoms with Gasteiger partial charge in [0.25, 0.3) is 0 Å². The molecule has 1 saturated heterocycles. The van der Waals surface area contributed by atoms with Crippen LogP contribution in [0.15, 0.2) is 67.4 Å². The summed E-state index contributed by atoms with van der Waals surface area (Å²) in [5, 5.41) is 9.93. The highest BCUT2D eigenvalue weighted by molar-refractivity contribution is 5.97. The second-order valence-corrected chi connectivity index (χ2v) is 8.53. The van der Waals surface area contributed by atoms with Crippen LogP contribution in [0.1, 0.15) is 25.5 Å². The number of fused-ring (bicyclic) bond motifs is 1. The van der Waals surface area contributed by atoms with Crippen LogP contribution in [0, 0.1) is 5.82 Å². The average Bonchev–Trinajstić information content (AvgIpc) is 3.51. The van der Waals surface area contributed by atoms with Gasteiger partial charge in [0.2, 0.25) is 0 Å². The Bertz CT molecular complexity index is 1480. The Hall–Kier alpha value is -3.91. The summed E-state index contributed by atoms with van der Waals surface area (Å²) in [5.41, 5.74) is 5.27. The molecular weight excluding hydrogens is 431 g/mol. The number of nitrogens with zero attached hydrogens (tertiary/aromatic N) is 6. The van der Waals surface area contributed by atoms with E-state index in [1.54, 1.807) is 23.1 Å². The quantitative estimate of drug-likeness (QED) is 0.364. The first kappa shape index (κ1) is 20.7. The minimum Gasteiger partial charge on any atom is -0.357 e. The van der Waals surface area contributed by atoms with Crippen LogP contribution in [0.2, 0.25) is 0 Å². The van der Waals surface area contributed by atoms with E-state index >= 15 is 0 Å². The number of hydrogen-bond donors (Lipinski definition) is 0. The molecule has 5 aromatic rings. The lowest BCUT2D eigenvalue weighted by Crippen LogP contribution is -2.18. The van der Waals surface area contributed by atoms with Crippen LogP contribution in [0.25, 0.3) is 44.5 Å². The number of benzene rings is 2. The lowest BCUT2D eigenvalue weighted by molar-refractivity contribution is -0.0393. The molecular formula is C26H23FN6O. The van der Waals surface area contributed by atoms with E-state index in [9.17, 15) is 4.39 Å². The maximum atomic E-state index is 14.9. The van der Waals surface area contributed by atoms with Crippen LogP contribution in [0.5, 0.6) is 0 Å². The van der Waals surface area contributed by atoms with Gasteiger partial charge in [-0.05, 0) is 49.1 Å². The molecule has 1 unspecified atom stereocenters. The van der Waals surface area contributed by atoms with Gasteiger partial charge < -0.3 is 4.74 Å². The van der Waals surface area contributed by atoms with Crippen molar-refractivity contribution in [3.05, 3.63) is 73.2 Å². The van der Waals surface area contributed by atoms with Gasteiger partial charge in [0.05, 0.1) is 17.4 Å². The second kappa shape index (κ2) is 8.46. The Kier molecular flexibility index (Phi) is 5.15. The van der Waals surface area contributed by atoms with Gasteiger partial charge in [-0.2, -0.15) is 10.2 Å². The topological polar surface area (TPSA) is 70.7 Å². The molecule has 170 valence electrons. The maximum Gasteiger partial charge on any atom is 0.150 e. The zero-order valence-electron chi connectivity index (χ0n) is 18.7. The number of rotatable bonds is 4. The van der Waals surface area contributed by atoms with Crippen molar-refractivity contribution in [2.75, 3.05) is 6.61 Å². The molecule has 1 aliphatic rings. The Labute approximate surface area is 195 Å². The van der Waals surface area contributed by atoms with Gasteiger partial charge >= 0.3 is 0 Å². The fourth-order valence-electron chi connectivity index (χ4n) is 4.52. The molecule has 0 aliphatic carbocycles. The second-order valence-electron chi connectivity index (χ2n) is 8.53. The summed E-state index contributed by atoms with van der Waals surface area (Å²) >= 11 is 0. The molecule has 0 N–H and O–H groups in total. The van der Waals surface area contributed by atoms with E-state index < -0.39 is 0 Å². The van der Waals surface area contributed by atoms with Crippen LogP contribution in [0.4, 0.5) is 4.39 Å². The Morgan fingerprint density at radius 3 is 2.68 bits per heavy atom. The maximum absolute atomic E-state index is 14.9. The first-order valence-corrected chi connectivity index (χ1v) is 11.4. The van der Waals surface area contributed by atoms with Crippen molar-refractivity contribution in [3.8, 4) is 33.6 Å². The van der Waals surface area contributed by atoms with E-state index in [0.29, 0.717) is 23.6 Å². The van der Waals surface area contributed by atoms with Gasteiger partial charge in [0, 0.05) is 48.1 Å². The predicted molar refractivity (Wildman–Crippen MR) is 127 cm³/mol. The van der Waals surface area contributed by atoms with Crippen LogP contribution in [-0.2, 0) is 11.8 Å². The highest BCUT2D eigenvalue weighted by atomic mass is 19.1. The molecule has 0 bridgehead atoms. The summed E-state index contributed by atoms with van der Waals surface area (Å²) in [5.74, 6) is -0.323. The van der Waals surface area contributed by atoms with Crippen molar-refractivity contribution in [3.63, 3.8) is 0 Å². The summed E-state index contributed by atoms with van der Waals surface area (Å²) < 4.78 is 24.4. The smallest absolute Gasteiger partial charge is 0.150 e. The van der Waals surface area contributed by atoms with Crippen LogP contribution >= 0.6 is 0 Å². The first-order valence-electron chi connectivity index (χ1n) is 11.4. The van der Waals surface area contributed by atoms with E-state index in [1.165, 1.54) is 6.07 Å². The van der Waals surface area contributed by atoms with Gasteiger partial charge in [-0.15, -0.1) is 0 Å². The minimum absolute atomic E-state index is 0.168. The molecule has 4 heterocycles. The fourth-order valence-corrected chi connectivity index (χ4v) is 4.52. The molecule has 0 amide bonds. The zero-order chi connectivity index (χ0) is 23.1. The normalized spacial score (nSPS) is 16.2. The average molecular weight is 455 g/mol. The van der Waals surface area contributed by atoms with Crippen molar-refractivity contribution in [2.45, 2.75) is 25.5 Å². The lowest BCUT2D eigenvalue weighted by Gasteiger charge is -2.22. The SMILES string of the molecule is Cn1cc(-c2ccc3c(-c4cn(C5CCCCO5)nc4-c4ccccc4F)ncnc3c2)cn1. The van der Waals surface area contributed by atoms with Crippen LogP contribution in [0.3, 0.4) is 0 Å². The molecule has 6 rings (SSSR count). The summed E-state index contributed by atoms with van der Waals surface area (Å²) in [7, 11) is 1.89. The number of halogens is 1. The first-order chi connectivity index (χ1) is 16.7. The molecule has 8 heteroatoms. The zero-order valence-corrected chi connectivity index (χ0v) is 18.7. The van der Waals surface area contributed by atoms with Crippen LogP contribution in [-0.4, -0.2) is 36.1 Å². The van der Waals surface area contributed by atoms with Gasteiger partial charge in [-0.1, -0.05) is 18.2 Å². The number of hydrogen-bond acceptors (Lipinski definition) is 5. The van der Waals surface area contributed by atoms with Gasteiger partial charge in [-0.25, -0.2) is 19.0 Å². The van der Waals surface area contributed by atoms with Crippen molar-refractivity contribution in [1.29, 1.82) is 0 Å². The van der Waals surface area contributed by atoms with E-state index in [2.05, 4.69) is 15.1 Å². The Morgan fingerprint density at radius 1 is 0.971 bits per heavy atom. The third-order valence-electron chi connectivity index (χ3n) is 6.24. The molecule has 3 aromatic heterocycles. The Balaban J connectivity index is 1.52. The highest BCUT2D eigenvalue weighted by Gasteiger charge is 2.24. The van der Waals surface area contributed by atoms with Crippen molar-refractivity contribution >= 4 is 10.9 Å². The summed E-state index contributed by atoms with van der Waals surface area (Å²) in [4.78, 5) is 9.13. The number of aryl methyl sites for hydroxylation is 1. The van der Waals surface area contributed by atoms with E-state index in [-0.39, 0.29) is 12.0 Å². The van der Waals surface area contributed by atoms with E-state index in [4.69, 9.17) is 9.84 Å². The van der Waals surface area contributed by atoms with E-state index in [0.717, 1.165) is 46.9 Å². The van der Waals surface area contributed by atoms with Gasteiger partial charge in [-0.3, -0.25) is 4.68 Å². The van der Waals surface area contributed by atoms with Gasteiger partial charge in [0.1, 0.15) is 24.1 Å². The van der Waals surface area contributed by atoms with Crippen molar-refractivity contribution in [2.24, 2.45) is 7.05 Å². The molecule has 1 aliphatic heterocycles. The monoisotopic (exact) mass is 454 g/mol. The molecule has 7 nitrogen and oxygen atoms in total. The molecule has 0 spiro atoms. The van der Waals surface area contributed by atoms with Gasteiger partial charge in [0.15, 0.2) is 0 Å². The molecule has 1 atom stereocenters.